The van der Waals surface area contributed by atoms with Gasteiger partial charge < -0.3 is 14.6 Å². The van der Waals surface area contributed by atoms with Gasteiger partial charge in [-0.05, 0) is 68.8 Å². The van der Waals surface area contributed by atoms with Gasteiger partial charge >= 0.3 is 0 Å². The highest BCUT2D eigenvalue weighted by Gasteiger charge is 2.28. The van der Waals surface area contributed by atoms with Crippen molar-refractivity contribution in [2.45, 2.75) is 39.5 Å². The third kappa shape index (κ3) is 3.00. The van der Waals surface area contributed by atoms with Crippen molar-refractivity contribution in [2.75, 3.05) is 19.7 Å². The second-order valence-electron chi connectivity index (χ2n) is 6.27. The third-order valence-electron chi connectivity index (χ3n) is 5.05. The summed E-state index contributed by atoms with van der Waals surface area (Å²) in [4.78, 5) is 0. The van der Waals surface area contributed by atoms with E-state index in [1.54, 1.807) is 0 Å². The van der Waals surface area contributed by atoms with Crippen LogP contribution in [0.5, 0.6) is 0 Å². The molecule has 1 aliphatic heterocycles. The molecule has 0 aromatic carbocycles. The largest absolute Gasteiger partial charge is 0.492 e. The normalized spacial score (nSPS) is 17.3. The second-order valence-corrected chi connectivity index (χ2v) is 6.27. The number of piperidine rings is 1. The van der Waals surface area contributed by atoms with Crippen molar-refractivity contribution in [3.63, 3.8) is 0 Å². The minimum Gasteiger partial charge on any atom is -0.492 e. The summed E-state index contributed by atoms with van der Waals surface area (Å²) in [6.45, 7) is 17.6. The van der Waals surface area contributed by atoms with E-state index in [-0.39, 0.29) is 0 Å². The summed E-state index contributed by atoms with van der Waals surface area (Å²) < 4.78 is 7.86. The molecule has 3 heteroatoms. The Bertz CT molecular complexity index is 550. The average molecular weight is 302 g/mol. The number of rotatable bonds is 6. The van der Waals surface area contributed by atoms with E-state index >= 15 is 0 Å². The fraction of sp³-hybridized carbons (Fsp3) is 0.579. The maximum atomic E-state index is 5.67. The monoisotopic (exact) mass is 302 g/mol. The number of hydrogen-bond donors (Lipinski definition) is 1. The summed E-state index contributed by atoms with van der Waals surface area (Å²) in [7, 11) is 2.09. The third-order valence-corrected chi connectivity index (χ3v) is 5.05. The molecule has 2 rings (SSSR count). The number of aromatic nitrogens is 1. The van der Waals surface area contributed by atoms with E-state index in [0.717, 1.165) is 30.5 Å². The first kappa shape index (κ1) is 16.9. The summed E-state index contributed by atoms with van der Waals surface area (Å²) in [5.41, 5.74) is 5.02. The van der Waals surface area contributed by atoms with Gasteiger partial charge in [-0.3, -0.25) is 0 Å². The lowest BCUT2D eigenvalue weighted by Crippen LogP contribution is -2.30. The van der Waals surface area contributed by atoms with Gasteiger partial charge in [-0.15, -0.1) is 0 Å². The lowest BCUT2D eigenvalue weighted by Gasteiger charge is -2.29. The van der Waals surface area contributed by atoms with Crippen molar-refractivity contribution in [1.29, 1.82) is 0 Å². The number of nitrogens with zero attached hydrogens (tertiary/aromatic N) is 1. The first-order valence-electron chi connectivity index (χ1n) is 8.37. The zero-order valence-corrected chi connectivity index (χ0v) is 14.5. The fourth-order valence-corrected chi connectivity index (χ4v) is 3.91. The van der Waals surface area contributed by atoms with Crippen molar-refractivity contribution in [3.8, 4) is 0 Å². The SMILES string of the molecule is C=Cc1c(C(C)C2CCNCC2)c(C)c(C(=C)OCC)n1C. The highest BCUT2D eigenvalue weighted by molar-refractivity contribution is 5.66. The second kappa shape index (κ2) is 7.19. The molecule has 1 aromatic rings. The minimum absolute atomic E-state index is 0.532. The Morgan fingerprint density at radius 3 is 2.64 bits per heavy atom. The summed E-state index contributed by atoms with van der Waals surface area (Å²) in [5, 5.41) is 3.46. The van der Waals surface area contributed by atoms with Gasteiger partial charge in [-0.25, -0.2) is 0 Å². The first-order valence-corrected chi connectivity index (χ1v) is 8.37. The van der Waals surface area contributed by atoms with Crippen LogP contribution in [0, 0.1) is 12.8 Å². The minimum atomic E-state index is 0.532. The summed E-state index contributed by atoms with van der Waals surface area (Å²) in [6.07, 6.45) is 4.46. The Morgan fingerprint density at radius 2 is 2.09 bits per heavy atom. The quantitative estimate of drug-likeness (QED) is 0.801. The van der Waals surface area contributed by atoms with Gasteiger partial charge in [-0.2, -0.15) is 0 Å². The van der Waals surface area contributed by atoms with E-state index in [4.69, 9.17) is 4.74 Å². The molecule has 2 heterocycles. The smallest absolute Gasteiger partial charge is 0.136 e. The molecular formula is C19H30N2O. The first-order chi connectivity index (χ1) is 10.5. The zero-order valence-electron chi connectivity index (χ0n) is 14.5. The van der Waals surface area contributed by atoms with Gasteiger partial charge in [0.1, 0.15) is 5.76 Å². The molecule has 0 bridgehead atoms. The van der Waals surface area contributed by atoms with Gasteiger partial charge in [0.05, 0.1) is 12.3 Å². The van der Waals surface area contributed by atoms with Crippen molar-refractivity contribution in [2.24, 2.45) is 13.0 Å². The molecule has 1 N–H and O–H groups in total. The predicted molar refractivity (Wildman–Crippen MR) is 94.9 cm³/mol. The molecule has 0 spiro atoms. The molecule has 0 aliphatic carbocycles. The Morgan fingerprint density at radius 1 is 1.45 bits per heavy atom. The van der Waals surface area contributed by atoms with Crippen molar-refractivity contribution in [1.82, 2.24) is 9.88 Å². The van der Waals surface area contributed by atoms with Crippen molar-refractivity contribution in [3.05, 3.63) is 35.7 Å². The molecule has 0 radical (unpaired) electrons. The molecular weight excluding hydrogens is 272 g/mol. The van der Waals surface area contributed by atoms with E-state index < -0.39 is 0 Å². The Kier molecular flexibility index (Phi) is 5.52. The molecule has 1 atom stereocenters. The molecule has 3 nitrogen and oxygen atoms in total. The van der Waals surface area contributed by atoms with Crippen LogP contribution in [0.2, 0.25) is 0 Å². The lowest BCUT2D eigenvalue weighted by molar-refractivity contribution is 0.296. The molecule has 22 heavy (non-hydrogen) atoms. The maximum Gasteiger partial charge on any atom is 0.136 e. The van der Waals surface area contributed by atoms with E-state index in [0.29, 0.717) is 12.5 Å². The van der Waals surface area contributed by atoms with Gasteiger partial charge in [-0.1, -0.05) is 20.1 Å². The molecule has 1 aromatic heterocycles. The standard InChI is InChI=1S/C19H30N2O/c1-7-17-18(13(3)16-9-11-20-12-10-16)14(4)19(21(17)6)15(5)22-8-2/h7,13,16,20H,1,5,8-12H2,2-4,6H3. The number of hydrogen-bond acceptors (Lipinski definition) is 2. The average Bonchev–Trinajstić information content (AvgIpc) is 2.78. The fourth-order valence-electron chi connectivity index (χ4n) is 3.91. The maximum absolute atomic E-state index is 5.67. The number of ether oxygens (including phenoxy) is 1. The summed E-state index contributed by atoms with van der Waals surface area (Å²) in [6, 6.07) is 0. The van der Waals surface area contributed by atoms with Crippen LogP contribution in [0.1, 0.15) is 55.1 Å². The molecule has 1 aliphatic rings. The van der Waals surface area contributed by atoms with Crippen LogP contribution >= 0.6 is 0 Å². The topological polar surface area (TPSA) is 26.2 Å². The Balaban J connectivity index is 2.43. The predicted octanol–water partition coefficient (Wildman–Crippen LogP) is 4.09. The van der Waals surface area contributed by atoms with E-state index in [9.17, 15) is 0 Å². The van der Waals surface area contributed by atoms with Gasteiger partial charge in [0, 0.05) is 12.7 Å². The molecule has 0 amide bonds. The van der Waals surface area contributed by atoms with Crippen molar-refractivity contribution >= 4 is 11.8 Å². The van der Waals surface area contributed by atoms with Crippen molar-refractivity contribution < 1.29 is 4.74 Å². The molecule has 1 saturated heterocycles. The van der Waals surface area contributed by atoms with Crippen LogP contribution in [0.25, 0.3) is 11.8 Å². The van der Waals surface area contributed by atoms with Gasteiger partial charge in [0.2, 0.25) is 0 Å². The molecule has 0 saturated carbocycles. The van der Waals surface area contributed by atoms with Crippen LogP contribution < -0.4 is 5.32 Å². The van der Waals surface area contributed by atoms with Gasteiger partial charge in [0.15, 0.2) is 0 Å². The van der Waals surface area contributed by atoms with Crippen LogP contribution in [0.4, 0.5) is 0 Å². The van der Waals surface area contributed by atoms with E-state index in [1.807, 2.05) is 13.0 Å². The van der Waals surface area contributed by atoms with Crippen LogP contribution in [0.15, 0.2) is 13.2 Å². The molecule has 1 unspecified atom stereocenters. The van der Waals surface area contributed by atoms with E-state index in [1.165, 1.54) is 29.7 Å². The lowest BCUT2D eigenvalue weighted by atomic mass is 9.80. The number of nitrogens with one attached hydrogen (secondary N) is 1. The van der Waals surface area contributed by atoms with Crippen LogP contribution in [0.3, 0.4) is 0 Å². The zero-order chi connectivity index (χ0) is 16.3. The highest BCUT2D eigenvalue weighted by Crippen LogP contribution is 2.38. The summed E-state index contributed by atoms with van der Waals surface area (Å²) >= 11 is 0. The van der Waals surface area contributed by atoms with E-state index in [2.05, 4.69) is 43.9 Å². The molecule has 122 valence electrons. The summed E-state index contributed by atoms with van der Waals surface area (Å²) in [5.74, 6) is 2.02. The Hall–Kier alpha value is -1.48. The molecule has 1 fully saturated rings. The van der Waals surface area contributed by atoms with Gasteiger partial charge in [0.25, 0.3) is 0 Å². The van der Waals surface area contributed by atoms with Crippen LogP contribution in [-0.4, -0.2) is 24.3 Å². The highest BCUT2D eigenvalue weighted by atomic mass is 16.5. The Labute approximate surface area is 135 Å². The van der Waals surface area contributed by atoms with Crippen LogP contribution in [-0.2, 0) is 11.8 Å².